The van der Waals surface area contributed by atoms with Crippen molar-refractivity contribution in [3.8, 4) is 0 Å². The number of para-hydroxylation sites is 1. The molecule has 0 bridgehead atoms. The normalized spacial score (nSPS) is 12.7. The molecule has 0 aliphatic heterocycles. The zero-order valence-corrected chi connectivity index (χ0v) is 14.9. The van der Waals surface area contributed by atoms with Gasteiger partial charge in [0, 0.05) is 53.8 Å². The van der Waals surface area contributed by atoms with Crippen LogP contribution >= 0.6 is 0 Å². The summed E-state index contributed by atoms with van der Waals surface area (Å²) in [6, 6.07) is 18.9. The van der Waals surface area contributed by atoms with Gasteiger partial charge in [-0.3, -0.25) is 4.98 Å². The van der Waals surface area contributed by atoms with E-state index in [-0.39, 0.29) is 0 Å². The van der Waals surface area contributed by atoms with Crippen molar-refractivity contribution < 1.29 is 5.11 Å². The van der Waals surface area contributed by atoms with Crippen LogP contribution in [0.15, 0.2) is 67.0 Å². The van der Waals surface area contributed by atoms with E-state index in [0.29, 0.717) is 6.54 Å². The molecule has 4 nitrogen and oxygen atoms in total. The van der Waals surface area contributed by atoms with Crippen LogP contribution in [0.25, 0.3) is 21.8 Å². The highest BCUT2D eigenvalue weighted by atomic mass is 16.3. The van der Waals surface area contributed by atoms with Crippen LogP contribution in [0.3, 0.4) is 0 Å². The Morgan fingerprint density at radius 1 is 1.00 bits per heavy atom. The first-order valence-electron chi connectivity index (χ1n) is 9.06. The molecule has 4 aromatic rings. The van der Waals surface area contributed by atoms with Crippen LogP contribution < -0.4 is 5.32 Å². The molecule has 0 aliphatic rings. The second-order valence-corrected chi connectivity index (χ2v) is 6.54. The number of aliphatic hydroxyl groups excluding tert-OH is 1. The molecule has 0 saturated carbocycles. The summed E-state index contributed by atoms with van der Waals surface area (Å²) in [6.07, 6.45) is 2.88. The van der Waals surface area contributed by atoms with E-state index in [0.717, 1.165) is 18.7 Å². The van der Waals surface area contributed by atoms with Crippen LogP contribution in [0.1, 0.15) is 24.2 Å². The van der Waals surface area contributed by atoms with Gasteiger partial charge >= 0.3 is 0 Å². The number of nitrogens with zero attached hydrogens (tertiary/aromatic N) is 2. The number of aliphatic hydroxyl groups is 1. The number of aromatic nitrogens is 2. The van der Waals surface area contributed by atoms with Gasteiger partial charge in [0.05, 0.1) is 6.10 Å². The third-order valence-electron chi connectivity index (χ3n) is 4.91. The van der Waals surface area contributed by atoms with Crippen LogP contribution in [0.2, 0.25) is 0 Å². The first-order chi connectivity index (χ1) is 12.8. The highest BCUT2D eigenvalue weighted by Gasteiger charge is 2.10. The smallest absolute Gasteiger partial charge is 0.0915 e. The van der Waals surface area contributed by atoms with Gasteiger partial charge in [0.2, 0.25) is 0 Å². The SMILES string of the molecule is CCn1c2ccccc2c2cc(CNCC(O)c3ccncc3)ccc21. The second-order valence-electron chi connectivity index (χ2n) is 6.54. The fraction of sp³-hybridized carbons (Fsp3) is 0.227. The van der Waals surface area contributed by atoms with E-state index < -0.39 is 6.10 Å². The number of nitrogens with one attached hydrogen (secondary N) is 1. The molecule has 0 saturated heterocycles. The van der Waals surface area contributed by atoms with Gasteiger partial charge in [-0.15, -0.1) is 0 Å². The molecule has 2 aromatic heterocycles. The maximum atomic E-state index is 10.3. The summed E-state index contributed by atoms with van der Waals surface area (Å²) < 4.78 is 2.36. The van der Waals surface area contributed by atoms with E-state index in [1.165, 1.54) is 27.4 Å². The highest BCUT2D eigenvalue weighted by Crippen LogP contribution is 2.29. The molecule has 0 aliphatic carbocycles. The fourth-order valence-electron chi connectivity index (χ4n) is 3.61. The third kappa shape index (κ3) is 3.09. The Morgan fingerprint density at radius 2 is 1.77 bits per heavy atom. The quantitative estimate of drug-likeness (QED) is 0.555. The zero-order chi connectivity index (χ0) is 17.9. The third-order valence-corrected chi connectivity index (χ3v) is 4.91. The van der Waals surface area contributed by atoms with Gasteiger partial charge in [0.15, 0.2) is 0 Å². The average Bonchev–Trinajstić information content (AvgIpc) is 3.01. The minimum Gasteiger partial charge on any atom is -0.387 e. The predicted octanol–water partition coefficient (Wildman–Crippen LogP) is 4.03. The monoisotopic (exact) mass is 345 g/mol. The van der Waals surface area contributed by atoms with Gasteiger partial charge in [-0.2, -0.15) is 0 Å². The van der Waals surface area contributed by atoms with Gasteiger partial charge in [0.1, 0.15) is 0 Å². The average molecular weight is 345 g/mol. The van der Waals surface area contributed by atoms with E-state index in [1.54, 1.807) is 12.4 Å². The second kappa shape index (κ2) is 7.28. The lowest BCUT2D eigenvalue weighted by Gasteiger charge is -2.12. The molecule has 1 atom stereocenters. The molecule has 4 heteroatoms. The Hall–Kier alpha value is -2.69. The zero-order valence-electron chi connectivity index (χ0n) is 14.9. The van der Waals surface area contributed by atoms with Crippen LogP contribution in [0.5, 0.6) is 0 Å². The van der Waals surface area contributed by atoms with Crippen molar-refractivity contribution in [2.24, 2.45) is 0 Å². The molecule has 4 rings (SSSR count). The van der Waals surface area contributed by atoms with Gasteiger partial charge < -0.3 is 15.0 Å². The Kier molecular flexibility index (Phi) is 4.69. The summed E-state index contributed by atoms with van der Waals surface area (Å²) in [7, 11) is 0. The number of pyridine rings is 1. The lowest BCUT2D eigenvalue weighted by molar-refractivity contribution is 0.174. The van der Waals surface area contributed by atoms with Crippen LogP contribution in [0, 0.1) is 0 Å². The largest absolute Gasteiger partial charge is 0.387 e. The summed E-state index contributed by atoms with van der Waals surface area (Å²) in [5, 5.41) is 16.2. The molecular formula is C22H23N3O. The van der Waals surface area contributed by atoms with E-state index in [4.69, 9.17) is 0 Å². The Bertz CT molecular complexity index is 1020. The Balaban J connectivity index is 1.53. The molecule has 1 unspecified atom stereocenters. The van der Waals surface area contributed by atoms with E-state index >= 15 is 0 Å². The minimum absolute atomic E-state index is 0.513. The van der Waals surface area contributed by atoms with Gasteiger partial charge in [0.25, 0.3) is 0 Å². The molecule has 26 heavy (non-hydrogen) atoms. The van der Waals surface area contributed by atoms with Crippen LogP contribution in [0.4, 0.5) is 0 Å². The van der Waals surface area contributed by atoms with E-state index in [9.17, 15) is 5.11 Å². The predicted molar refractivity (Wildman–Crippen MR) is 106 cm³/mol. The molecular weight excluding hydrogens is 322 g/mol. The number of hydrogen-bond donors (Lipinski definition) is 2. The van der Waals surface area contributed by atoms with Crippen LogP contribution in [-0.2, 0) is 13.1 Å². The topological polar surface area (TPSA) is 50.1 Å². The number of benzene rings is 2. The van der Waals surface area contributed by atoms with Crippen molar-refractivity contribution in [3.63, 3.8) is 0 Å². The van der Waals surface area contributed by atoms with Crippen molar-refractivity contribution in [2.45, 2.75) is 26.1 Å². The minimum atomic E-state index is -0.524. The molecule has 0 spiro atoms. The van der Waals surface area contributed by atoms with Gasteiger partial charge in [-0.25, -0.2) is 0 Å². The maximum Gasteiger partial charge on any atom is 0.0915 e. The van der Waals surface area contributed by atoms with Crippen molar-refractivity contribution in [1.82, 2.24) is 14.9 Å². The fourth-order valence-corrected chi connectivity index (χ4v) is 3.61. The lowest BCUT2D eigenvalue weighted by Crippen LogP contribution is -2.21. The molecule has 132 valence electrons. The Labute approximate surface area is 153 Å². The molecule has 0 fully saturated rings. The summed E-state index contributed by atoms with van der Waals surface area (Å²) in [6.45, 7) is 4.38. The standard InChI is InChI=1S/C22H23N3O/c1-2-25-20-6-4-3-5-18(20)19-13-16(7-8-21(19)25)14-24-15-22(26)17-9-11-23-12-10-17/h3-13,22,24,26H,2,14-15H2,1H3. The summed E-state index contributed by atoms with van der Waals surface area (Å²) in [4.78, 5) is 3.98. The van der Waals surface area contributed by atoms with Crippen molar-refractivity contribution >= 4 is 21.8 Å². The Morgan fingerprint density at radius 3 is 2.58 bits per heavy atom. The number of aryl methyl sites for hydroxylation is 1. The lowest BCUT2D eigenvalue weighted by atomic mass is 10.1. The molecule has 0 amide bonds. The number of hydrogen-bond acceptors (Lipinski definition) is 3. The molecule has 0 radical (unpaired) electrons. The van der Waals surface area contributed by atoms with Crippen molar-refractivity contribution in [3.05, 3.63) is 78.1 Å². The van der Waals surface area contributed by atoms with Crippen molar-refractivity contribution in [1.29, 1.82) is 0 Å². The van der Waals surface area contributed by atoms with E-state index in [2.05, 4.69) is 64.3 Å². The first kappa shape index (κ1) is 16.8. The number of fused-ring (bicyclic) bond motifs is 3. The summed E-state index contributed by atoms with van der Waals surface area (Å²) >= 11 is 0. The van der Waals surface area contributed by atoms with Crippen LogP contribution in [-0.4, -0.2) is 21.2 Å². The maximum absolute atomic E-state index is 10.3. The van der Waals surface area contributed by atoms with E-state index in [1.807, 2.05) is 12.1 Å². The molecule has 2 heterocycles. The molecule has 2 aromatic carbocycles. The molecule has 2 N–H and O–H groups in total. The highest BCUT2D eigenvalue weighted by molar-refractivity contribution is 6.08. The summed E-state index contributed by atoms with van der Waals surface area (Å²) in [5.41, 5.74) is 4.66. The first-order valence-corrected chi connectivity index (χ1v) is 9.06. The van der Waals surface area contributed by atoms with Crippen molar-refractivity contribution in [2.75, 3.05) is 6.54 Å². The van der Waals surface area contributed by atoms with Gasteiger partial charge in [-0.05, 0) is 48.4 Å². The summed E-state index contributed by atoms with van der Waals surface area (Å²) in [5.74, 6) is 0. The van der Waals surface area contributed by atoms with Gasteiger partial charge in [-0.1, -0.05) is 24.3 Å². The number of rotatable bonds is 6.